The van der Waals surface area contributed by atoms with E-state index in [9.17, 15) is 0 Å². The average molecular weight is 369 g/mol. The molecule has 2 rings (SSSR count). The molecule has 0 aromatic heterocycles. The second-order valence-electron chi connectivity index (χ2n) is 7.04. The van der Waals surface area contributed by atoms with Crippen LogP contribution >= 0.6 is 0 Å². The number of benzene rings is 2. The molecule has 0 radical (unpaired) electrons. The second-order valence-corrected chi connectivity index (χ2v) is 7.04. The van der Waals surface area contributed by atoms with Crippen molar-refractivity contribution in [3.8, 4) is 0 Å². The van der Waals surface area contributed by atoms with Crippen molar-refractivity contribution in [3.63, 3.8) is 0 Å². The molecule has 3 heteroatoms. The number of nitrogens with zero attached hydrogens (tertiary/aromatic N) is 2. The van der Waals surface area contributed by atoms with Gasteiger partial charge in [-0.25, -0.2) is 0 Å². The molecule has 148 valence electrons. The van der Waals surface area contributed by atoms with Crippen LogP contribution in [-0.4, -0.2) is 33.3 Å². The van der Waals surface area contributed by atoms with Gasteiger partial charge >= 0.3 is 0 Å². The second kappa shape index (κ2) is 9.80. The first kappa shape index (κ1) is 21.3. The maximum absolute atomic E-state index is 5.96. The molecule has 0 aliphatic carbocycles. The van der Waals surface area contributed by atoms with Gasteiger partial charge < -0.3 is 14.5 Å². The summed E-state index contributed by atoms with van der Waals surface area (Å²) in [5.74, 6) is 0. The fraction of sp³-hybridized carbons (Fsp3) is 0.500. The summed E-state index contributed by atoms with van der Waals surface area (Å²) in [6.45, 7) is 17.3. The number of anilines is 2. The summed E-state index contributed by atoms with van der Waals surface area (Å²) in [6.07, 6.45) is -0.0403. The van der Waals surface area contributed by atoms with Crippen LogP contribution < -0.4 is 9.80 Å². The quantitative estimate of drug-likeness (QED) is 0.562. The lowest BCUT2D eigenvalue weighted by molar-refractivity contribution is 0.135. The Balaban J connectivity index is 2.39. The van der Waals surface area contributed by atoms with Crippen molar-refractivity contribution in [2.75, 3.05) is 43.1 Å². The molecule has 0 fully saturated rings. The molecule has 0 aliphatic rings. The average Bonchev–Trinajstić information content (AvgIpc) is 2.67. The van der Waals surface area contributed by atoms with Crippen LogP contribution in [0, 0.1) is 13.8 Å². The molecule has 0 amide bonds. The zero-order valence-corrected chi connectivity index (χ0v) is 18.2. The van der Waals surface area contributed by atoms with Crippen LogP contribution in [0.1, 0.15) is 56.1 Å². The van der Waals surface area contributed by atoms with Gasteiger partial charge in [-0.1, -0.05) is 12.1 Å². The Morgan fingerprint density at radius 2 is 1.07 bits per heavy atom. The van der Waals surface area contributed by atoms with Crippen LogP contribution in [0.15, 0.2) is 36.4 Å². The standard InChI is InChI=1S/C24H36N2O/c1-8-25(9-2)20-12-14-22(18(5)16-20)24(27-7)23-15-13-21(17-19(23)6)26(10-3)11-4/h12-17,24H,8-11H2,1-7H3. The maximum Gasteiger partial charge on any atom is 0.108 e. The predicted molar refractivity (Wildman–Crippen MR) is 118 cm³/mol. The Morgan fingerprint density at radius 3 is 1.33 bits per heavy atom. The molecule has 0 unspecified atom stereocenters. The van der Waals surface area contributed by atoms with Gasteiger partial charge in [-0.3, -0.25) is 0 Å². The van der Waals surface area contributed by atoms with Gasteiger partial charge in [-0.05, 0) is 88.1 Å². The molecule has 0 spiro atoms. The van der Waals surface area contributed by atoms with E-state index < -0.39 is 0 Å². The molecule has 0 atom stereocenters. The highest BCUT2D eigenvalue weighted by atomic mass is 16.5. The lowest BCUT2D eigenvalue weighted by Crippen LogP contribution is -2.22. The fourth-order valence-electron chi connectivity index (χ4n) is 3.90. The van der Waals surface area contributed by atoms with Gasteiger partial charge in [0.15, 0.2) is 0 Å². The molecule has 2 aromatic rings. The smallest absolute Gasteiger partial charge is 0.108 e. The molecule has 0 N–H and O–H groups in total. The number of hydrogen-bond acceptors (Lipinski definition) is 3. The highest BCUT2D eigenvalue weighted by molar-refractivity contribution is 5.55. The Kier molecular flexibility index (Phi) is 7.73. The van der Waals surface area contributed by atoms with Crippen molar-refractivity contribution >= 4 is 11.4 Å². The van der Waals surface area contributed by atoms with Crippen LogP contribution in [0.5, 0.6) is 0 Å². The first-order valence-electron chi connectivity index (χ1n) is 10.2. The van der Waals surface area contributed by atoms with Crippen molar-refractivity contribution in [1.82, 2.24) is 0 Å². The first-order valence-corrected chi connectivity index (χ1v) is 10.2. The molecule has 0 saturated carbocycles. The summed E-state index contributed by atoms with van der Waals surface area (Å²) in [6, 6.07) is 13.5. The Bertz CT molecular complexity index is 672. The number of aryl methyl sites for hydroxylation is 2. The van der Waals surface area contributed by atoms with E-state index in [-0.39, 0.29) is 6.10 Å². The van der Waals surface area contributed by atoms with Crippen LogP contribution in [0.2, 0.25) is 0 Å². The predicted octanol–water partition coefficient (Wildman–Crippen LogP) is 5.73. The topological polar surface area (TPSA) is 15.7 Å². The summed E-state index contributed by atoms with van der Waals surface area (Å²) in [5.41, 5.74) is 7.60. The van der Waals surface area contributed by atoms with Crippen LogP contribution in [0.25, 0.3) is 0 Å². The van der Waals surface area contributed by atoms with Gasteiger partial charge in [0.1, 0.15) is 6.10 Å². The summed E-state index contributed by atoms with van der Waals surface area (Å²) in [5, 5.41) is 0. The van der Waals surface area contributed by atoms with Gasteiger partial charge in [0.2, 0.25) is 0 Å². The van der Waals surface area contributed by atoms with Gasteiger partial charge in [0, 0.05) is 44.7 Å². The Hall–Kier alpha value is -2.00. The monoisotopic (exact) mass is 368 g/mol. The van der Waals surface area contributed by atoms with Gasteiger partial charge in [0.25, 0.3) is 0 Å². The van der Waals surface area contributed by atoms with Gasteiger partial charge in [-0.15, -0.1) is 0 Å². The van der Waals surface area contributed by atoms with Gasteiger partial charge in [-0.2, -0.15) is 0 Å². The summed E-state index contributed by atoms with van der Waals surface area (Å²) in [7, 11) is 1.81. The van der Waals surface area contributed by atoms with E-state index in [1.54, 1.807) is 7.11 Å². The zero-order chi connectivity index (χ0) is 20.0. The van der Waals surface area contributed by atoms with Crippen LogP contribution in [0.3, 0.4) is 0 Å². The van der Waals surface area contributed by atoms with Crippen molar-refractivity contribution < 1.29 is 4.74 Å². The summed E-state index contributed by atoms with van der Waals surface area (Å²) >= 11 is 0. The van der Waals surface area contributed by atoms with Crippen molar-refractivity contribution in [2.45, 2.75) is 47.6 Å². The lowest BCUT2D eigenvalue weighted by atomic mass is 9.93. The normalized spacial score (nSPS) is 11.1. The molecular weight excluding hydrogens is 332 g/mol. The van der Waals surface area contributed by atoms with E-state index in [0.29, 0.717) is 0 Å². The van der Waals surface area contributed by atoms with Crippen LogP contribution in [0.4, 0.5) is 11.4 Å². The van der Waals surface area contributed by atoms with E-state index in [1.807, 2.05) is 0 Å². The molecular formula is C24H36N2O. The van der Waals surface area contributed by atoms with E-state index >= 15 is 0 Å². The molecule has 0 heterocycles. The minimum Gasteiger partial charge on any atom is -0.372 e. The number of methoxy groups -OCH3 is 1. The largest absolute Gasteiger partial charge is 0.372 e. The van der Waals surface area contributed by atoms with E-state index in [1.165, 1.54) is 33.6 Å². The lowest BCUT2D eigenvalue weighted by Gasteiger charge is -2.26. The molecule has 2 aromatic carbocycles. The van der Waals surface area contributed by atoms with Crippen molar-refractivity contribution in [3.05, 3.63) is 58.7 Å². The Morgan fingerprint density at radius 1 is 0.704 bits per heavy atom. The fourth-order valence-corrected chi connectivity index (χ4v) is 3.90. The molecule has 27 heavy (non-hydrogen) atoms. The van der Waals surface area contributed by atoms with E-state index in [2.05, 4.69) is 87.7 Å². The van der Waals surface area contributed by atoms with Crippen molar-refractivity contribution in [2.24, 2.45) is 0 Å². The third kappa shape index (κ3) is 4.65. The van der Waals surface area contributed by atoms with E-state index in [0.717, 1.165) is 26.2 Å². The van der Waals surface area contributed by atoms with E-state index in [4.69, 9.17) is 4.74 Å². The number of hydrogen-bond donors (Lipinski definition) is 0. The Labute approximate surface area is 166 Å². The number of rotatable bonds is 9. The van der Waals surface area contributed by atoms with Crippen molar-refractivity contribution in [1.29, 1.82) is 0 Å². The minimum absolute atomic E-state index is 0.0403. The molecule has 0 bridgehead atoms. The third-order valence-corrected chi connectivity index (χ3v) is 5.56. The SMILES string of the molecule is CCN(CC)c1ccc(C(OC)c2ccc(N(CC)CC)cc2C)c(C)c1. The molecule has 0 aliphatic heterocycles. The summed E-state index contributed by atoms with van der Waals surface area (Å²) < 4.78 is 5.96. The highest BCUT2D eigenvalue weighted by Crippen LogP contribution is 2.33. The first-order chi connectivity index (χ1) is 13.0. The minimum atomic E-state index is -0.0403. The molecule has 0 saturated heterocycles. The summed E-state index contributed by atoms with van der Waals surface area (Å²) in [4.78, 5) is 4.76. The number of ether oxygens (including phenoxy) is 1. The molecule has 3 nitrogen and oxygen atoms in total. The third-order valence-electron chi connectivity index (χ3n) is 5.56. The zero-order valence-electron chi connectivity index (χ0n) is 18.2. The highest BCUT2D eigenvalue weighted by Gasteiger charge is 2.19. The van der Waals surface area contributed by atoms with Gasteiger partial charge in [0.05, 0.1) is 0 Å². The van der Waals surface area contributed by atoms with Crippen LogP contribution in [-0.2, 0) is 4.74 Å². The maximum atomic E-state index is 5.96.